The smallest absolute Gasteiger partial charge is 0.265 e. The topological polar surface area (TPSA) is 202 Å². The van der Waals surface area contributed by atoms with E-state index >= 15 is 0 Å². The van der Waals surface area contributed by atoms with Crippen LogP contribution < -0.4 is 17.1 Å². The van der Waals surface area contributed by atoms with Crippen LogP contribution in [0.4, 0.5) is 0 Å². The molecular weight excluding hydrogens is 687 g/mol. The molecule has 0 saturated carbocycles. The molecule has 0 bridgehead atoms. The fourth-order valence-electron chi connectivity index (χ4n) is 5.19. The van der Waals surface area contributed by atoms with Crippen molar-refractivity contribution < 1.29 is 0 Å². The van der Waals surface area contributed by atoms with Gasteiger partial charge in [-0.15, -0.1) is 0 Å². The molecule has 0 aliphatic rings. The minimum absolute atomic E-state index is 0.802. The van der Waals surface area contributed by atoms with Crippen molar-refractivity contribution in [3.05, 3.63) is 154 Å². The van der Waals surface area contributed by atoms with E-state index in [1.807, 2.05) is 48.5 Å². The molecular formula is C35H23N11O3S2. The number of hydrogen-bond acceptors (Lipinski definition) is 13. The van der Waals surface area contributed by atoms with Gasteiger partial charge in [-0.3, -0.25) is 34.9 Å². The van der Waals surface area contributed by atoms with Crippen LogP contribution in [0, 0.1) is 0 Å². The van der Waals surface area contributed by atoms with Gasteiger partial charge in [0.05, 0.1) is 23.5 Å². The molecule has 3 N–H and O–H groups in total. The van der Waals surface area contributed by atoms with Gasteiger partial charge >= 0.3 is 17.1 Å². The number of aromatic amines is 3. The first-order chi connectivity index (χ1) is 25.0. The number of hydrogen-bond donors (Lipinski definition) is 3. The lowest BCUT2D eigenvalue weighted by atomic mass is 9.99. The highest BCUT2D eigenvalue weighted by atomic mass is 32.1. The van der Waals surface area contributed by atoms with Gasteiger partial charge in [0.2, 0.25) is 0 Å². The average Bonchev–Trinajstić information content (AvgIpc) is 3.87. The van der Waals surface area contributed by atoms with Gasteiger partial charge in [0, 0.05) is 71.8 Å². The quantitative estimate of drug-likeness (QED) is 0.212. The van der Waals surface area contributed by atoms with E-state index in [4.69, 9.17) is 0 Å². The first-order valence-corrected chi connectivity index (χ1v) is 16.6. The molecule has 51 heavy (non-hydrogen) atoms. The fraction of sp³-hybridized carbons (Fsp3) is 0. The summed E-state index contributed by atoms with van der Waals surface area (Å²) >= 11 is 2.48. The van der Waals surface area contributed by atoms with Crippen molar-refractivity contribution in [2.45, 2.75) is 0 Å². The minimum atomic E-state index is -0.802. The van der Waals surface area contributed by atoms with Crippen LogP contribution in [0.2, 0.25) is 0 Å². The number of nitrogens with one attached hydrogen (secondary N) is 3. The maximum Gasteiger partial charge on any atom is 0.330 e. The zero-order valence-corrected chi connectivity index (χ0v) is 27.8. The lowest BCUT2D eigenvalue weighted by Gasteiger charge is -2.06. The third kappa shape index (κ3) is 7.41. The summed E-state index contributed by atoms with van der Waals surface area (Å²) in [5.41, 5.74) is 10.1. The van der Waals surface area contributed by atoms with Crippen molar-refractivity contribution in [2.24, 2.45) is 0 Å². The van der Waals surface area contributed by atoms with Crippen LogP contribution in [0.1, 0.15) is 0 Å². The number of aromatic nitrogens is 11. The maximum absolute atomic E-state index is 10.2. The Morgan fingerprint density at radius 3 is 0.765 bits per heavy atom. The Kier molecular flexibility index (Phi) is 9.66. The minimum Gasteiger partial charge on any atom is -0.265 e. The fourth-order valence-corrected chi connectivity index (χ4v) is 6.34. The van der Waals surface area contributed by atoms with Crippen LogP contribution in [0.25, 0.3) is 66.6 Å². The lowest BCUT2D eigenvalue weighted by molar-refractivity contribution is 0.888. The van der Waals surface area contributed by atoms with E-state index in [1.54, 1.807) is 64.5 Å². The molecule has 248 valence electrons. The van der Waals surface area contributed by atoms with E-state index < -0.39 is 17.1 Å². The van der Waals surface area contributed by atoms with Crippen LogP contribution in [0.5, 0.6) is 0 Å². The van der Waals surface area contributed by atoms with Crippen molar-refractivity contribution in [1.82, 2.24) is 52.4 Å². The Balaban J connectivity index is 0.000000129. The number of nitrogens with zero attached hydrogens (tertiary/aromatic N) is 8. The third-order valence-electron chi connectivity index (χ3n) is 7.48. The summed E-state index contributed by atoms with van der Waals surface area (Å²) in [7, 11) is 0. The van der Waals surface area contributed by atoms with Gasteiger partial charge < -0.3 is 0 Å². The second-order valence-corrected chi connectivity index (χ2v) is 11.6. The average molecular weight is 710 g/mol. The molecule has 0 unspecified atom stereocenters. The van der Waals surface area contributed by atoms with E-state index in [0.717, 1.165) is 66.6 Å². The van der Waals surface area contributed by atoms with E-state index in [0.29, 0.717) is 0 Å². The van der Waals surface area contributed by atoms with Crippen LogP contribution >= 0.6 is 23.5 Å². The molecule has 7 aromatic heterocycles. The second-order valence-electron chi connectivity index (χ2n) is 10.6. The summed E-state index contributed by atoms with van der Waals surface area (Å²) in [6.45, 7) is 0. The highest BCUT2D eigenvalue weighted by molar-refractivity contribution is 7.00. The highest BCUT2D eigenvalue weighted by Crippen LogP contribution is 2.35. The van der Waals surface area contributed by atoms with Crippen molar-refractivity contribution in [2.75, 3.05) is 0 Å². The number of benzene rings is 2. The summed E-state index contributed by atoms with van der Waals surface area (Å²) in [5, 5.41) is 0. The Hall–Kier alpha value is -6.91. The normalized spacial score (nSPS) is 10.6. The lowest BCUT2D eigenvalue weighted by Crippen LogP contribution is -2.34. The molecule has 2 aromatic carbocycles. The zero-order chi connectivity index (χ0) is 35.0. The van der Waals surface area contributed by atoms with Crippen molar-refractivity contribution in [3.8, 4) is 44.5 Å². The Morgan fingerprint density at radius 1 is 0.333 bits per heavy atom. The Labute approximate surface area is 295 Å². The summed E-state index contributed by atoms with van der Waals surface area (Å²) in [6, 6.07) is 24.3. The monoisotopic (exact) mass is 709 g/mol. The molecule has 0 aliphatic carbocycles. The van der Waals surface area contributed by atoms with Gasteiger partial charge in [0.15, 0.2) is 0 Å². The first kappa shape index (κ1) is 32.6. The van der Waals surface area contributed by atoms with Gasteiger partial charge in [-0.2, -0.15) is 17.5 Å². The molecule has 9 aromatic rings. The van der Waals surface area contributed by atoms with Crippen molar-refractivity contribution >= 4 is 45.5 Å². The molecule has 16 heteroatoms. The van der Waals surface area contributed by atoms with Crippen molar-refractivity contribution in [1.29, 1.82) is 0 Å². The second kappa shape index (κ2) is 15.1. The van der Waals surface area contributed by atoms with Crippen molar-refractivity contribution in [3.63, 3.8) is 0 Å². The van der Waals surface area contributed by atoms with E-state index in [2.05, 4.69) is 61.7 Å². The molecule has 0 saturated heterocycles. The SMILES string of the molecule is O=c1[nH]c(=O)[nH]c(=O)[nH]1.c1cc(-c2ccc(-c3ccncc3)c3nsnc23)ccn1.c1cc(-c2ccc(-c3ccncc3)c3nsnc23)ccn1. The van der Waals surface area contributed by atoms with E-state index in [1.165, 1.54) is 23.5 Å². The maximum atomic E-state index is 10.2. The summed E-state index contributed by atoms with van der Waals surface area (Å²) < 4.78 is 17.9. The molecule has 7 heterocycles. The highest BCUT2D eigenvalue weighted by Gasteiger charge is 2.14. The van der Waals surface area contributed by atoms with Crippen LogP contribution in [0.3, 0.4) is 0 Å². The summed E-state index contributed by atoms with van der Waals surface area (Å²) in [5.74, 6) is 0. The molecule has 14 nitrogen and oxygen atoms in total. The van der Waals surface area contributed by atoms with Crippen LogP contribution in [-0.2, 0) is 0 Å². The third-order valence-corrected chi connectivity index (χ3v) is 8.53. The molecule has 0 aliphatic heterocycles. The first-order valence-electron chi connectivity index (χ1n) is 15.1. The number of H-pyrrole nitrogens is 3. The molecule has 0 fully saturated rings. The number of fused-ring (bicyclic) bond motifs is 2. The standard InChI is InChI=1S/2C16H10N4S.C3H3N3O3/c2*1-2-14(12-5-9-18-10-6-12)16-15(19-21-20-16)13(1)11-3-7-17-8-4-11;7-1-4-2(8)6-3(9)5-1/h2*1-10H;(H3,4,5,6,7,8,9). The predicted octanol–water partition coefficient (Wildman–Crippen LogP) is 5.38. The molecule has 9 rings (SSSR count). The molecule has 0 spiro atoms. The van der Waals surface area contributed by atoms with Gasteiger partial charge in [0.25, 0.3) is 0 Å². The van der Waals surface area contributed by atoms with Crippen LogP contribution in [-0.4, -0.2) is 52.4 Å². The number of pyridine rings is 4. The Morgan fingerprint density at radius 2 is 0.549 bits per heavy atom. The molecule has 0 radical (unpaired) electrons. The zero-order valence-electron chi connectivity index (χ0n) is 26.2. The van der Waals surface area contributed by atoms with Gasteiger partial charge in [-0.05, 0) is 70.8 Å². The number of rotatable bonds is 4. The largest absolute Gasteiger partial charge is 0.330 e. The molecule has 0 amide bonds. The Bertz CT molecular complexity index is 2340. The van der Waals surface area contributed by atoms with E-state index in [9.17, 15) is 14.4 Å². The van der Waals surface area contributed by atoms with Gasteiger partial charge in [-0.1, -0.05) is 24.3 Å². The van der Waals surface area contributed by atoms with Crippen LogP contribution in [0.15, 0.2) is 137 Å². The van der Waals surface area contributed by atoms with Gasteiger partial charge in [0.1, 0.15) is 22.1 Å². The predicted molar refractivity (Wildman–Crippen MR) is 196 cm³/mol. The molecule has 0 atom stereocenters. The summed E-state index contributed by atoms with van der Waals surface area (Å²) in [4.78, 5) is 52.2. The van der Waals surface area contributed by atoms with Gasteiger partial charge in [-0.25, -0.2) is 14.4 Å². The summed E-state index contributed by atoms with van der Waals surface area (Å²) in [6.07, 6.45) is 14.3. The van der Waals surface area contributed by atoms with E-state index in [-0.39, 0.29) is 0 Å².